The topological polar surface area (TPSA) is 38.3 Å². The Morgan fingerprint density at radius 2 is 1.72 bits per heavy atom. The van der Waals surface area contributed by atoms with Crippen LogP contribution in [0, 0.1) is 0 Å². The molecule has 3 aromatic carbocycles. The number of aryl methyl sites for hydroxylation is 1. The molecule has 1 amide bonds. The molecule has 0 fully saturated rings. The number of ether oxygens (including phenoxy) is 1. The van der Waals surface area contributed by atoms with Crippen molar-refractivity contribution in [2.45, 2.75) is 26.3 Å². The van der Waals surface area contributed by atoms with Gasteiger partial charge in [0.25, 0.3) is 5.91 Å². The van der Waals surface area contributed by atoms with Crippen molar-refractivity contribution in [2.24, 2.45) is 0 Å². The number of fused-ring (bicyclic) bond motifs is 1. The van der Waals surface area contributed by atoms with Gasteiger partial charge in [0.05, 0.1) is 6.04 Å². The monoisotopic (exact) mass is 333 g/mol. The molecule has 0 aliphatic rings. The quantitative estimate of drug-likeness (QED) is 0.712. The molecule has 0 spiro atoms. The van der Waals surface area contributed by atoms with E-state index >= 15 is 0 Å². The zero-order valence-corrected chi connectivity index (χ0v) is 14.7. The lowest BCUT2D eigenvalue weighted by Gasteiger charge is -2.15. The van der Waals surface area contributed by atoms with E-state index in [2.05, 4.69) is 42.6 Å². The molecule has 0 radical (unpaired) electrons. The minimum atomic E-state index is -0.125. The van der Waals surface area contributed by atoms with Gasteiger partial charge in [0, 0.05) is 0 Å². The maximum absolute atomic E-state index is 12.2. The van der Waals surface area contributed by atoms with Gasteiger partial charge in [0.2, 0.25) is 0 Å². The normalized spacial score (nSPS) is 11.9. The van der Waals surface area contributed by atoms with Gasteiger partial charge in [-0.25, -0.2) is 0 Å². The molecule has 0 aliphatic carbocycles. The molecule has 0 aromatic heterocycles. The second-order valence-corrected chi connectivity index (χ2v) is 6.18. The van der Waals surface area contributed by atoms with Crippen LogP contribution in [0.25, 0.3) is 10.8 Å². The number of carbonyl (C=O) groups is 1. The van der Waals surface area contributed by atoms with Crippen LogP contribution >= 0.6 is 0 Å². The van der Waals surface area contributed by atoms with E-state index in [0.717, 1.165) is 22.8 Å². The van der Waals surface area contributed by atoms with Crippen LogP contribution in [0.1, 0.15) is 31.0 Å². The summed E-state index contributed by atoms with van der Waals surface area (Å²) < 4.78 is 5.64. The molecule has 0 saturated carbocycles. The Morgan fingerprint density at radius 1 is 1.00 bits per heavy atom. The maximum atomic E-state index is 12.2. The van der Waals surface area contributed by atoms with Crippen molar-refractivity contribution in [1.29, 1.82) is 0 Å². The fraction of sp³-hybridized carbons (Fsp3) is 0.227. The summed E-state index contributed by atoms with van der Waals surface area (Å²) in [5.74, 6) is 0.578. The zero-order valence-electron chi connectivity index (χ0n) is 14.7. The largest absolute Gasteiger partial charge is 0.484 e. The number of carbonyl (C=O) groups excluding carboxylic acids is 1. The molecule has 0 saturated heterocycles. The van der Waals surface area contributed by atoms with Gasteiger partial charge in [-0.3, -0.25) is 4.79 Å². The molecule has 1 N–H and O–H groups in total. The van der Waals surface area contributed by atoms with Crippen molar-refractivity contribution in [1.82, 2.24) is 5.32 Å². The molecule has 3 aromatic rings. The summed E-state index contributed by atoms with van der Waals surface area (Å²) in [5.41, 5.74) is 2.39. The summed E-state index contributed by atoms with van der Waals surface area (Å²) >= 11 is 0. The zero-order chi connectivity index (χ0) is 17.6. The number of nitrogens with one attached hydrogen (secondary N) is 1. The first kappa shape index (κ1) is 17.0. The predicted molar refractivity (Wildman–Crippen MR) is 102 cm³/mol. The lowest BCUT2D eigenvalue weighted by molar-refractivity contribution is -0.123. The lowest BCUT2D eigenvalue weighted by atomic mass is 10.1. The van der Waals surface area contributed by atoms with E-state index in [0.29, 0.717) is 5.75 Å². The summed E-state index contributed by atoms with van der Waals surface area (Å²) in [6, 6.07) is 22.2. The minimum Gasteiger partial charge on any atom is -0.484 e. The number of hydrogen-bond donors (Lipinski definition) is 1. The third-order valence-electron chi connectivity index (χ3n) is 4.36. The summed E-state index contributed by atoms with van der Waals surface area (Å²) in [7, 11) is 0. The van der Waals surface area contributed by atoms with Gasteiger partial charge in [0.1, 0.15) is 5.75 Å². The van der Waals surface area contributed by atoms with Crippen molar-refractivity contribution in [2.75, 3.05) is 6.61 Å². The van der Waals surface area contributed by atoms with Crippen LogP contribution in [0.5, 0.6) is 5.75 Å². The Bertz CT molecular complexity index is 855. The van der Waals surface area contributed by atoms with Crippen LogP contribution < -0.4 is 10.1 Å². The highest BCUT2D eigenvalue weighted by molar-refractivity contribution is 5.84. The standard InChI is InChI=1S/C22H23NO2/c1-3-17-8-10-18(11-9-17)16(2)23-22(24)15-25-21-13-12-19-6-4-5-7-20(19)14-21/h4-14,16H,3,15H2,1-2H3,(H,23,24)/t16-/m0/s1. The molecule has 0 heterocycles. The molecular weight excluding hydrogens is 310 g/mol. The van der Waals surface area contributed by atoms with Gasteiger partial charge in [-0.15, -0.1) is 0 Å². The van der Waals surface area contributed by atoms with Gasteiger partial charge < -0.3 is 10.1 Å². The van der Waals surface area contributed by atoms with Crippen LogP contribution in [0.2, 0.25) is 0 Å². The fourth-order valence-electron chi connectivity index (χ4n) is 2.81. The van der Waals surface area contributed by atoms with Gasteiger partial charge >= 0.3 is 0 Å². The molecule has 3 rings (SSSR count). The highest BCUT2D eigenvalue weighted by atomic mass is 16.5. The van der Waals surface area contributed by atoms with E-state index in [1.165, 1.54) is 5.56 Å². The SMILES string of the molecule is CCc1ccc([C@H](C)NC(=O)COc2ccc3ccccc3c2)cc1. The van der Waals surface area contributed by atoms with Gasteiger partial charge in [0.15, 0.2) is 6.61 Å². The number of benzene rings is 3. The van der Waals surface area contributed by atoms with E-state index < -0.39 is 0 Å². The second-order valence-electron chi connectivity index (χ2n) is 6.18. The van der Waals surface area contributed by atoms with Crippen LogP contribution in [0.4, 0.5) is 0 Å². The first-order valence-electron chi connectivity index (χ1n) is 8.65. The molecule has 128 valence electrons. The smallest absolute Gasteiger partial charge is 0.258 e. The Morgan fingerprint density at radius 3 is 2.44 bits per heavy atom. The van der Waals surface area contributed by atoms with Crippen molar-refractivity contribution >= 4 is 16.7 Å². The predicted octanol–water partition coefficient (Wildman–Crippen LogP) is 4.66. The third-order valence-corrected chi connectivity index (χ3v) is 4.36. The van der Waals surface area contributed by atoms with Crippen molar-refractivity contribution in [3.63, 3.8) is 0 Å². The minimum absolute atomic E-state index is 0.00965. The van der Waals surface area contributed by atoms with Crippen molar-refractivity contribution < 1.29 is 9.53 Å². The molecule has 25 heavy (non-hydrogen) atoms. The van der Waals surface area contributed by atoms with Gasteiger partial charge in [-0.05, 0) is 47.4 Å². The number of amides is 1. The first-order chi connectivity index (χ1) is 12.2. The Kier molecular flexibility index (Phi) is 5.34. The maximum Gasteiger partial charge on any atom is 0.258 e. The highest BCUT2D eigenvalue weighted by Crippen LogP contribution is 2.20. The van der Waals surface area contributed by atoms with Crippen LogP contribution in [0.3, 0.4) is 0 Å². The molecule has 3 heteroatoms. The third kappa shape index (κ3) is 4.38. The Balaban J connectivity index is 1.55. The first-order valence-corrected chi connectivity index (χ1v) is 8.65. The molecule has 0 unspecified atom stereocenters. The summed E-state index contributed by atoms with van der Waals surface area (Å²) in [6.07, 6.45) is 1.01. The van der Waals surface area contributed by atoms with Crippen LogP contribution in [0.15, 0.2) is 66.7 Å². The summed E-state index contributed by atoms with van der Waals surface area (Å²) in [5, 5.41) is 5.23. The highest BCUT2D eigenvalue weighted by Gasteiger charge is 2.10. The number of hydrogen-bond acceptors (Lipinski definition) is 2. The Hall–Kier alpha value is -2.81. The molecule has 1 atom stereocenters. The fourth-order valence-corrected chi connectivity index (χ4v) is 2.81. The van der Waals surface area contributed by atoms with Gasteiger partial charge in [-0.1, -0.05) is 61.5 Å². The Labute approximate surface area is 148 Å². The lowest BCUT2D eigenvalue weighted by Crippen LogP contribution is -2.31. The second kappa shape index (κ2) is 7.84. The summed E-state index contributed by atoms with van der Waals surface area (Å²) in [4.78, 5) is 12.2. The van der Waals surface area contributed by atoms with Crippen molar-refractivity contribution in [3.05, 3.63) is 77.9 Å². The summed E-state index contributed by atoms with van der Waals surface area (Å²) in [6.45, 7) is 4.12. The van der Waals surface area contributed by atoms with Crippen molar-refractivity contribution in [3.8, 4) is 5.75 Å². The average Bonchev–Trinajstić information content (AvgIpc) is 2.66. The van der Waals surface area contributed by atoms with E-state index in [1.54, 1.807) is 0 Å². The number of rotatable bonds is 6. The average molecular weight is 333 g/mol. The molecule has 0 aliphatic heterocycles. The van der Waals surface area contributed by atoms with E-state index in [9.17, 15) is 4.79 Å². The van der Waals surface area contributed by atoms with Crippen LogP contribution in [-0.4, -0.2) is 12.5 Å². The molecular formula is C22H23NO2. The van der Waals surface area contributed by atoms with E-state index in [1.807, 2.05) is 43.3 Å². The van der Waals surface area contributed by atoms with E-state index in [4.69, 9.17) is 4.74 Å². The van der Waals surface area contributed by atoms with Gasteiger partial charge in [-0.2, -0.15) is 0 Å². The molecule has 0 bridgehead atoms. The van der Waals surface area contributed by atoms with E-state index in [-0.39, 0.29) is 18.6 Å². The van der Waals surface area contributed by atoms with Crippen LogP contribution in [-0.2, 0) is 11.2 Å². The molecule has 3 nitrogen and oxygen atoms in total.